The molecule has 2 aromatic carbocycles. The van der Waals surface area contributed by atoms with Crippen LogP contribution in [0.4, 0.5) is 4.39 Å². The van der Waals surface area contributed by atoms with Gasteiger partial charge in [-0.1, -0.05) is 25.1 Å². The zero-order chi connectivity index (χ0) is 17.6. The first-order valence-electron chi connectivity index (χ1n) is 8.34. The highest BCUT2D eigenvalue weighted by Gasteiger charge is 2.13. The van der Waals surface area contributed by atoms with E-state index in [1.54, 1.807) is 17.8 Å². The first-order chi connectivity index (χ1) is 12.1. The van der Waals surface area contributed by atoms with Crippen LogP contribution in [-0.2, 0) is 11.2 Å². The zero-order valence-electron chi connectivity index (χ0n) is 14.1. The number of amides is 1. The number of benzene rings is 2. The van der Waals surface area contributed by atoms with Crippen LogP contribution in [0.1, 0.15) is 12.5 Å². The molecule has 0 aliphatic rings. The number of carbonyl (C=O) groups excluding carboxylic acids is 1. The number of H-pyrrole nitrogens is 1. The molecule has 0 spiro atoms. The normalized spacial score (nSPS) is 12.2. The summed E-state index contributed by atoms with van der Waals surface area (Å²) in [5.41, 5.74) is 1.87. The van der Waals surface area contributed by atoms with Crippen LogP contribution in [0.5, 0.6) is 0 Å². The Labute approximate surface area is 151 Å². The van der Waals surface area contributed by atoms with Gasteiger partial charge in [-0.05, 0) is 42.3 Å². The molecule has 0 saturated carbocycles. The number of halogens is 1. The lowest BCUT2D eigenvalue weighted by Gasteiger charge is -2.12. The molecule has 3 aromatic rings. The number of hydrogen-bond acceptors (Lipinski definition) is 2. The molecule has 0 fully saturated rings. The molecule has 0 aliphatic heterocycles. The maximum atomic E-state index is 13.2. The molecule has 1 atom stereocenters. The molecule has 0 aliphatic carbocycles. The molecule has 3 nitrogen and oxygen atoms in total. The number of aromatic nitrogens is 1. The monoisotopic (exact) mass is 356 g/mol. The highest BCUT2D eigenvalue weighted by molar-refractivity contribution is 7.99. The standard InChI is InChI=1S/C20H21FN2OS/c1-14(13-25-17-5-3-2-4-6-17)20(24)22-10-9-15-12-23-19-11-16(21)7-8-18(15)19/h2-8,11-12,14,23H,9-10,13H2,1H3,(H,22,24). The van der Waals surface area contributed by atoms with E-state index in [0.29, 0.717) is 6.54 Å². The Kier molecular flexibility index (Phi) is 5.76. The van der Waals surface area contributed by atoms with Gasteiger partial charge in [0.25, 0.3) is 0 Å². The first kappa shape index (κ1) is 17.5. The summed E-state index contributed by atoms with van der Waals surface area (Å²) in [5.74, 6) is 0.512. The van der Waals surface area contributed by atoms with E-state index < -0.39 is 0 Å². The highest BCUT2D eigenvalue weighted by atomic mass is 32.2. The lowest BCUT2D eigenvalue weighted by Crippen LogP contribution is -2.31. The second kappa shape index (κ2) is 8.21. The number of thioether (sulfide) groups is 1. The van der Waals surface area contributed by atoms with Crippen LogP contribution in [0.3, 0.4) is 0 Å². The van der Waals surface area contributed by atoms with Gasteiger partial charge in [-0.15, -0.1) is 11.8 Å². The van der Waals surface area contributed by atoms with Crippen LogP contribution in [-0.4, -0.2) is 23.2 Å². The van der Waals surface area contributed by atoms with Crippen LogP contribution >= 0.6 is 11.8 Å². The molecule has 1 heterocycles. The molecule has 1 aromatic heterocycles. The average molecular weight is 356 g/mol. The molecule has 0 bridgehead atoms. The van der Waals surface area contributed by atoms with Crippen LogP contribution in [0.2, 0.25) is 0 Å². The van der Waals surface area contributed by atoms with Gasteiger partial charge in [-0.3, -0.25) is 4.79 Å². The van der Waals surface area contributed by atoms with Gasteiger partial charge in [0.05, 0.1) is 0 Å². The third-order valence-corrected chi connectivity index (χ3v) is 5.39. The van der Waals surface area contributed by atoms with Gasteiger partial charge in [-0.25, -0.2) is 4.39 Å². The smallest absolute Gasteiger partial charge is 0.223 e. The summed E-state index contributed by atoms with van der Waals surface area (Å²) in [4.78, 5) is 16.5. The van der Waals surface area contributed by atoms with Crippen molar-refractivity contribution in [1.82, 2.24) is 10.3 Å². The minimum absolute atomic E-state index is 0.0535. The topological polar surface area (TPSA) is 44.9 Å². The number of aromatic amines is 1. The van der Waals surface area contributed by atoms with Crippen molar-refractivity contribution in [3.63, 3.8) is 0 Å². The van der Waals surface area contributed by atoms with Gasteiger partial charge in [0.2, 0.25) is 5.91 Å². The number of rotatable bonds is 7. The minimum Gasteiger partial charge on any atom is -0.361 e. The van der Waals surface area contributed by atoms with Crippen molar-refractivity contribution >= 4 is 28.6 Å². The quantitative estimate of drug-likeness (QED) is 0.617. The summed E-state index contributed by atoms with van der Waals surface area (Å²) in [6.07, 6.45) is 2.60. The Morgan fingerprint density at radius 3 is 2.84 bits per heavy atom. The SMILES string of the molecule is CC(CSc1ccccc1)C(=O)NCCc1c[nH]c2cc(F)ccc12. The summed E-state index contributed by atoms with van der Waals surface area (Å²) in [6.45, 7) is 2.52. The number of carbonyl (C=O) groups is 1. The van der Waals surface area contributed by atoms with E-state index in [0.717, 1.165) is 28.6 Å². The predicted octanol–water partition coefficient (Wildman–Crippen LogP) is 4.39. The molecule has 130 valence electrons. The van der Waals surface area contributed by atoms with E-state index in [4.69, 9.17) is 0 Å². The van der Waals surface area contributed by atoms with Crippen molar-refractivity contribution in [2.24, 2.45) is 5.92 Å². The Balaban J connectivity index is 1.46. The number of hydrogen-bond donors (Lipinski definition) is 2. The van der Waals surface area contributed by atoms with Gasteiger partial charge >= 0.3 is 0 Å². The third-order valence-electron chi connectivity index (χ3n) is 4.11. The van der Waals surface area contributed by atoms with E-state index >= 15 is 0 Å². The van der Waals surface area contributed by atoms with E-state index in [-0.39, 0.29) is 17.6 Å². The second-order valence-electron chi connectivity index (χ2n) is 6.07. The largest absolute Gasteiger partial charge is 0.361 e. The van der Waals surface area contributed by atoms with Crippen LogP contribution in [0.15, 0.2) is 59.6 Å². The highest BCUT2D eigenvalue weighted by Crippen LogP contribution is 2.21. The van der Waals surface area contributed by atoms with Crippen molar-refractivity contribution in [2.75, 3.05) is 12.3 Å². The second-order valence-corrected chi connectivity index (χ2v) is 7.16. The molecule has 1 amide bonds. The maximum absolute atomic E-state index is 13.2. The summed E-state index contributed by atoms with van der Waals surface area (Å²) >= 11 is 1.69. The molecule has 3 rings (SSSR count). The Morgan fingerprint density at radius 1 is 1.24 bits per heavy atom. The predicted molar refractivity (Wildman–Crippen MR) is 101 cm³/mol. The van der Waals surface area contributed by atoms with Gasteiger partial charge in [0.1, 0.15) is 5.82 Å². The average Bonchev–Trinajstić information content (AvgIpc) is 3.02. The lowest BCUT2D eigenvalue weighted by atomic mass is 10.1. The fourth-order valence-corrected chi connectivity index (χ4v) is 3.62. The van der Waals surface area contributed by atoms with Crippen LogP contribution in [0.25, 0.3) is 10.9 Å². The van der Waals surface area contributed by atoms with Gasteiger partial charge in [0, 0.05) is 40.2 Å². The molecule has 0 saturated heterocycles. The third kappa shape index (κ3) is 4.63. The van der Waals surface area contributed by atoms with Crippen LogP contribution in [0, 0.1) is 11.7 Å². The lowest BCUT2D eigenvalue weighted by molar-refractivity contribution is -0.123. The summed E-state index contributed by atoms with van der Waals surface area (Å²) in [5, 5.41) is 4.00. The van der Waals surface area contributed by atoms with Crippen molar-refractivity contribution in [3.8, 4) is 0 Å². The van der Waals surface area contributed by atoms with Crippen molar-refractivity contribution in [2.45, 2.75) is 18.2 Å². The maximum Gasteiger partial charge on any atom is 0.223 e. The summed E-state index contributed by atoms with van der Waals surface area (Å²) in [7, 11) is 0. The minimum atomic E-state index is -0.251. The number of nitrogens with one attached hydrogen (secondary N) is 2. The van der Waals surface area contributed by atoms with Crippen molar-refractivity contribution in [1.29, 1.82) is 0 Å². The Bertz CT molecular complexity index is 847. The fourth-order valence-electron chi connectivity index (χ4n) is 2.67. The first-order valence-corrected chi connectivity index (χ1v) is 9.33. The van der Waals surface area contributed by atoms with Crippen molar-refractivity contribution in [3.05, 3.63) is 66.1 Å². The molecular weight excluding hydrogens is 335 g/mol. The van der Waals surface area contributed by atoms with E-state index in [1.807, 2.05) is 31.3 Å². The van der Waals surface area contributed by atoms with E-state index in [1.165, 1.54) is 17.0 Å². The molecular formula is C20H21FN2OS. The molecule has 2 N–H and O–H groups in total. The molecule has 5 heteroatoms. The fraction of sp³-hybridized carbons (Fsp3) is 0.250. The summed E-state index contributed by atoms with van der Waals surface area (Å²) < 4.78 is 13.2. The Morgan fingerprint density at radius 2 is 2.04 bits per heavy atom. The molecule has 25 heavy (non-hydrogen) atoms. The van der Waals surface area contributed by atoms with E-state index in [2.05, 4.69) is 22.4 Å². The number of fused-ring (bicyclic) bond motifs is 1. The van der Waals surface area contributed by atoms with Gasteiger partial charge < -0.3 is 10.3 Å². The molecule has 1 unspecified atom stereocenters. The van der Waals surface area contributed by atoms with Crippen molar-refractivity contribution < 1.29 is 9.18 Å². The van der Waals surface area contributed by atoms with Gasteiger partial charge in [-0.2, -0.15) is 0 Å². The van der Waals surface area contributed by atoms with E-state index in [9.17, 15) is 9.18 Å². The zero-order valence-corrected chi connectivity index (χ0v) is 14.9. The molecule has 0 radical (unpaired) electrons. The van der Waals surface area contributed by atoms with Crippen LogP contribution < -0.4 is 5.32 Å². The summed E-state index contributed by atoms with van der Waals surface area (Å²) in [6, 6.07) is 14.8. The van der Waals surface area contributed by atoms with Gasteiger partial charge in [0.15, 0.2) is 0 Å². The Hall–Kier alpha value is -2.27.